The van der Waals surface area contributed by atoms with E-state index in [0.717, 1.165) is 6.66 Å². The van der Waals surface area contributed by atoms with Crippen molar-refractivity contribution in [3.8, 4) is 0 Å². The third kappa shape index (κ3) is 5.65. The molecule has 0 spiro atoms. The van der Waals surface area contributed by atoms with E-state index in [0.29, 0.717) is 16.3 Å². The molecule has 0 aliphatic rings. The molecule has 2 rings (SSSR count). The summed E-state index contributed by atoms with van der Waals surface area (Å²) in [6.07, 6.45) is -7.10. The summed E-state index contributed by atoms with van der Waals surface area (Å²) in [5.74, 6) is 0. The highest BCUT2D eigenvalue weighted by atomic mass is 35.5. The summed E-state index contributed by atoms with van der Waals surface area (Å²) in [5, 5.41) is 3.18. The Morgan fingerprint density at radius 3 is 2.20 bits per heavy atom. The first-order chi connectivity index (χ1) is 11.5. The molecule has 0 saturated carbocycles. The average molecular weight is 412 g/mol. The Hall–Kier alpha value is -1.20. The van der Waals surface area contributed by atoms with Crippen LogP contribution in [-0.2, 0) is 9.09 Å². The van der Waals surface area contributed by atoms with Gasteiger partial charge in [-0.3, -0.25) is 9.09 Å². The Morgan fingerprint density at radius 1 is 1.08 bits per heavy atom. The standard InChI is InChI=1S/C16H15Cl2F3NO2P/c1-10-3-6-13(18)9-14(10)22-25(2,23)24-15(16(19,20)21)11-4-7-12(17)8-5-11/h3-9,15H,1-2H3,(H,22,23). The topological polar surface area (TPSA) is 38.3 Å². The number of hydrogen-bond donors (Lipinski definition) is 1. The molecule has 3 nitrogen and oxygen atoms in total. The normalized spacial score (nSPS) is 15.5. The molecule has 2 unspecified atom stereocenters. The van der Waals surface area contributed by atoms with Crippen LogP contribution in [0.5, 0.6) is 0 Å². The maximum Gasteiger partial charge on any atom is 0.419 e. The Balaban J connectivity index is 2.29. The average Bonchev–Trinajstić information content (AvgIpc) is 2.48. The number of halogens is 5. The van der Waals surface area contributed by atoms with Crippen molar-refractivity contribution in [1.82, 2.24) is 0 Å². The summed E-state index contributed by atoms with van der Waals surface area (Å²) >= 11 is 11.6. The summed E-state index contributed by atoms with van der Waals surface area (Å²) in [4.78, 5) is 0. The number of hydrogen-bond acceptors (Lipinski definition) is 2. The van der Waals surface area contributed by atoms with Gasteiger partial charge in [0.05, 0.1) is 0 Å². The molecule has 0 aliphatic heterocycles. The van der Waals surface area contributed by atoms with Crippen LogP contribution in [0.25, 0.3) is 0 Å². The molecule has 0 amide bonds. The molecule has 2 aromatic carbocycles. The molecular formula is C16H15Cl2F3NO2P. The number of anilines is 1. The molecule has 0 fully saturated rings. The summed E-state index contributed by atoms with van der Waals surface area (Å²) in [6.45, 7) is 2.79. The highest BCUT2D eigenvalue weighted by Crippen LogP contribution is 2.52. The second kappa shape index (κ2) is 7.58. The number of benzene rings is 2. The quantitative estimate of drug-likeness (QED) is 0.546. The maximum atomic E-state index is 13.4. The Kier molecular flexibility index (Phi) is 6.10. The largest absolute Gasteiger partial charge is 0.419 e. The minimum absolute atomic E-state index is 0.191. The van der Waals surface area contributed by atoms with Crippen molar-refractivity contribution in [3.05, 3.63) is 63.6 Å². The summed E-state index contributed by atoms with van der Waals surface area (Å²) in [7, 11) is -3.85. The number of alkyl halides is 3. The van der Waals surface area contributed by atoms with Gasteiger partial charge in [0.15, 0.2) is 6.10 Å². The third-order valence-corrected chi connectivity index (χ3v) is 5.05. The van der Waals surface area contributed by atoms with Crippen LogP contribution in [0.4, 0.5) is 18.9 Å². The molecule has 0 bridgehead atoms. The van der Waals surface area contributed by atoms with Gasteiger partial charge in [-0.2, -0.15) is 13.2 Å². The van der Waals surface area contributed by atoms with E-state index in [2.05, 4.69) is 5.09 Å². The van der Waals surface area contributed by atoms with Gasteiger partial charge in [0, 0.05) is 22.4 Å². The van der Waals surface area contributed by atoms with Crippen LogP contribution >= 0.6 is 30.7 Å². The molecule has 2 atom stereocenters. The van der Waals surface area contributed by atoms with Gasteiger partial charge in [0.1, 0.15) is 0 Å². The van der Waals surface area contributed by atoms with Crippen molar-refractivity contribution in [3.63, 3.8) is 0 Å². The van der Waals surface area contributed by atoms with Gasteiger partial charge >= 0.3 is 6.18 Å². The van der Waals surface area contributed by atoms with Gasteiger partial charge in [-0.15, -0.1) is 0 Å². The summed E-state index contributed by atoms with van der Waals surface area (Å²) < 4.78 is 57.8. The van der Waals surface area contributed by atoms with Crippen LogP contribution in [0, 0.1) is 6.92 Å². The Bertz CT molecular complexity index is 797. The first-order valence-electron chi connectivity index (χ1n) is 7.10. The van der Waals surface area contributed by atoms with Crippen LogP contribution in [0.3, 0.4) is 0 Å². The minimum atomic E-state index is -4.75. The van der Waals surface area contributed by atoms with E-state index in [-0.39, 0.29) is 10.6 Å². The molecule has 0 saturated heterocycles. The van der Waals surface area contributed by atoms with E-state index < -0.39 is 19.8 Å². The number of rotatable bonds is 5. The lowest BCUT2D eigenvalue weighted by Crippen LogP contribution is -2.23. The zero-order valence-electron chi connectivity index (χ0n) is 13.3. The molecule has 1 N–H and O–H groups in total. The maximum absolute atomic E-state index is 13.4. The van der Waals surface area contributed by atoms with Gasteiger partial charge in [-0.05, 0) is 42.3 Å². The van der Waals surface area contributed by atoms with Gasteiger partial charge < -0.3 is 5.09 Å². The van der Waals surface area contributed by atoms with Gasteiger partial charge in [-0.1, -0.05) is 41.4 Å². The molecular weight excluding hydrogens is 397 g/mol. The minimum Gasteiger partial charge on any atom is -0.315 e. The lowest BCUT2D eigenvalue weighted by molar-refractivity contribution is -0.197. The molecule has 0 heterocycles. The van der Waals surface area contributed by atoms with Crippen LogP contribution in [0.1, 0.15) is 17.2 Å². The second-order valence-electron chi connectivity index (χ2n) is 5.50. The Morgan fingerprint density at radius 2 is 1.64 bits per heavy atom. The fourth-order valence-corrected chi connectivity index (χ4v) is 3.78. The first kappa shape index (κ1) is 20.1. The molecule has 2 aromatic rings. The molecule has 0 radical (unpaired) electrons. The smallest absolute Gasteiger partial charge is 0.315 e. The number of nitrogens with one attached hydrogen (secondary N) is 1. The molecule has 9 heteroatoms. The summed E-state index contributed by atoms with van der Waals surface area (Å²) in [5.41, 5.74) is 0.823. The van der Waals surface area contributed by atoms with Crippen molar-refractivity contribution in [1.29, 1.82) is 0 Å². The van der Waals surface area contributed by atoms with Crippen molar-refractivity contribution in [2.24, 2.45) is 0 Å². The lowest BCUT2D eigenvalue weighted by Gasteiger charge is -2.26. The monoisotopic (exact) mass is 411 g/mol. The van der Waals surface area contributed by atoms with Crippen LogP contribution < -0.4 is 5.09 Å². The lowest BCUT2D eigenvalue weighted by atomic mass is 10.1. The fourth-order valence-electron chi connectivity index (χ4n) is 2.11. The van der Waals surface area contributed by atoms with Gasteiger partial charge in [0.25, 0.3) is 7.52 Å². The highest BCUT2D eigenvalue weighted by molar-refractivity contribution is 7.59. The fraction of sp³-hybridized carbons (Fsp3) is 0.250. The van der Waals surface area contributed by atoms with E-state index in [4.69, 9.17) is 27.7 Å². The third-order valence-electron chi connectivity index (χ3n) is 3.30. The second-order valence-corrected chi connectivity index (χ2v) is 8.49. The van der Waals surface area contributed by atoms with E-state index >= 15 is 0 Å². The van der Waals surface area contributed by atoms with Gasteiger partial charge in [-0.25, -0.2) is 0 Å². The zero-order chi connectivity index (χ0) is 18.8. The van der Waals surface area contributed by atoms with Crippen molar-refractivity contribution >= 4 is 36.4 Å². The van der Waals surface area contributed by atoms with Crippen LogP contribution in [-0.4, -0.2) is 12.8 Å². The van der Waals surface area contributed by atoms with Crippen LogP contribution in [0.15, 0.2) is 42.5 Å². The Labute approximate surface area is 153 Å². The summed E-state index contributed by atoms with van der Waals surface area (Å²) in [6, 6.07) is 9.75. The molecule has 136 valence electrons. The van der Waals surface area contributed by atoms with Crippen molar-refractivity contribution in [2.45, 2.75) is 19.2 Å². The van der Waals surface area contributed by atoms with Crippen LogP contribution in [0.2, 0.25) is 10.0 Å². The van der Waals surface area contributed by atoms with E-state index in [1.807, 2.05) is 0 Å². The van der Waals surface area contributed by atoms with Gasteiger partial charge in [0.2, 0.25) is 0 Å². The SMILES string of the molecule is Cc1ccc(Cl)cc1NP(C)(=O)OC(c1ccc(Cl)cc1)C(F)(F)F. The van der Waals surface area contributed by atoms with Crippen molar-refractivity contribution < 1.29 is 22.3 Å². The molecule has 0 aromatic heterocycles. The van der Waals surface area contributed by atoms with E-state index in [1.165, 1.54) is 30.3 Å². The zero-order valence-corrected chi connectivity index (χ0v) is 15.7. The highest BCUT2D eigenvalue weighted by Gasteiger charge is 2.45. The molecule has 25 heavy (non-hydrogen) atoms. The number of aryl methyl sites for hydroxylation is 1. The van der Waals surface area contributed by atoms with E-state index in [1.54, 1.807) is 19.1 Å². The first-order valence-corrected chi connectivity index (χ1v) is 9.93. The predicted molar refractivity (Wildman–Crippen MR) is 94.7 cm³/mol. The molecule has 0 aliphatic carbocycles. The van der Waals surface area contributed by atoms with Crippen molar-refractivity contribution in [2.75, 3.05) is 11.8 Å². The van der Waals surface area contributed by atoms with E-state index in [9.17, 15) is 17.7 Å². The predicted octanol–water partition coefficient (Wildman–Crippen LogP) is 6.86.